The molecule has 2 aliphatic heterocycles. The van der Waals surface area contributed by atoms with Gasteiger partial charge in [-0.15, -0.1) is 0 Å². The molecule has 1 N–H and O–H groups in total. The van der Waals surface area contributed by atoms with Gasteiger partial charge in [-0.2, -0.15) is 5.10 Å². The maximum Gasteiger partial charge on any atom is 0.151 e. The summed E-state index contributed by atoms with van der Waals surface area (Å²) in [4.78, 5) is 9.62. The topological polar surface area (TPSA) is 49.2 Å². The molecule has 2 aromatic heterocycles. The molecule has 0 saturated carbocycles. The zero-order valence-electron chi connectivity index (χ0n) is 17.9. The Hall–Kier alpha value is -2.86. The zero-order chi connectivity index (χ0) is 20.7. The fourth-order valence-electron chi connectivity index (χ4n) is 4.91. The highest BCUT2D eigenvalue weighted by molar-refractivity contribution is 5.49. The molecule has 2 saturated heterocycles. The van der Waals surface area contributed by atoms with E-state index in [1.165, 1.54) is 12.0 Å². The van der Waals surface area contributed by atoms with Crippen LogP contribution in [0.3, 0.4) is 0 Å². The van der Waals surface area contributed by atoms with E-state index in [1.54, 1.807) is 0 Å². The summed E-state index contributed by atoms with van der Waals surface area (Å²) < 4.78 is 1.96. The van der Waals surface area contributed by atoms with Crippen molar-refractivity contribution < 1.29 is 0 Å². The average Bonchev–Trinajstić information content (AvgIpc) is 3.50. The molecule has 0 amide bonds. The van der Waals surface area contributed by atoms with Crippen molar-refractivity contribution in [2.45, 2.75) is 51.4 Å². The molecule has 0 radical (unpaired) electrons. The van der Waals surface area contributed by atoms with Crippen molar-refractivity contribution in [3.05, 3.63) is 66.5 Å². The number of likely N-dealkylation sites (tertiary alicyclic amines) is 1. The van der Waals surface area contributed by atoms with Crippen molar-refractivity contribution in [2.75, 3.05) is 23.3 Å². The Balaban J connectivity index is 1.30. The van der Waals surface area contributed by atoms with Gasteiger partial charge in [0.05, 0.1) is 5.69 Å². The number of fused-ring (bicyclic) bond motifs is 2. The van der Waals surface area contributed by atoms with Gasteiger partial charge in [0.15, 0.2) is 5.82 Å². The smallest absolute Gasteiger partial charge is 0.151 e. The Morgan fingerprint density at radius 3 is 2.57 bits per heavy atom. The van der Waals surface area contributed by atoms with Crippen LogP contribution in [0.25, 0.3) is 5.69 Å². The van der Waals surface area contributed by atoms with Gasteiger partial charge in [-0.1, -0.05) is 30.3 Å². The first-order valence-electron chi connectivity index (χ1n) is 10.9. The normalized spacial score (nSPS) is 22.1. The summed E-state index contributed by atoms with van der Waals surface area (Å²) in [6.45, 7) is 8.98. The molecular formula is C24H30N6. The number of aromatic nitrogens is 3. The van der Waals surface area contributed by atoms with Crippen molar-refractivity contribution in [3.63, 3.8) is 0 Å². The van der Waals surface area contributed by atoms with E-state index in [1.807, 2.05) is 23.0 Å². The van der Waals surface area contributed by atoms with Gasteiger partial charge in [-0.3, -0.25) is 4.90 Å². The molecule has 2 aliphatic rings. The van der Waals surface area contributed by atoms with E-state index in [-0.39, 0.29) is 6.04 Å². The number of rotatable bonds is 6. The average molecular weight is 403 g/mol. The molecule has 2 fully saturated rings. The Morgan fingerprint density at radius 2 is 1.83 bits per heavy atom. The molecule has 30 heavy (non-hydrogen) atoms. The van der Waals surface area contributed by atoms with Crippen LogP contribution in [0.4, 0.5) is 11.6 Å². The third-order valence-corrected chi connectivity index (χ3v) is 6.49. The highest BCUT2D eigenvalue weighted by atomic mass is 15.4. The van der Waals surface area contributed by atoms with Crippen LogP contribution in [-0.2, 0) is 0 Å². The first-order chi connectivity index (χ1) is 14.6. The van der Waals surface area contributed by atoms with Crippen LogP contribution >= 0.6 is 0 Å². The predicted molar refractivity (Wildman–Crippen MR) is 121 cm³/mol. The van der Waals surface area contributed by atoms with E-state index in [4.69, 9.17) is 5.10 Å². The van der Waals surface area contributed by atoms with E-state index in [2.05, 4.69) is 83.5 Å². The molecular weight excluding hydrogens is 372 g/mol. The third kappa shape index (κ3) is 3.56. The molecule has 3 aromatic rings. The lowest BCUT2D eigenvalue weighted by Crippen LogP contribution is -2.49. The van der Waals surface area contributed by atoms with E-state index >= 15 is 0 Å². The van der Waals surface area contributed by atoms with Crippen molar-refractivity contribution in [3.8, 4) is 5.69 Å². The minimum atomic E-state index is 0.186. The highest BCUT2D eigenvalue weighted by Gasteiger charge is 2.44. The molecule has 5 rings (SSSR count). The lowest BCUT2D eigenvalue weighted by atomic mass is 10.1. The maximum absolute atomic E-state index is 4.90. The van der Waals surface area contributed by atoms with Crippen LogP contribution in [0.1, 0.15) is 38.8 Å². The van der Waals surface area contributed by atoms with Crippen LogP contribution in [0.5, 0.6) is 0 Å². The SMILES string of the molecule is CC(C)N1C[C@@H]2C[C@H]1CN2c1ccn(-c2ccnc(N[C@@H](C)c3ccccc3)c2)n1. The number of nitrogens with zero attached hydrogens (tertiary/aromatic N) is 5. The number of anilines is 2. The molecule has 1 aromatic carbocycles. The molecule has 2 bridgehead atoms. The van der Waals surface area contributed by atoms with Crippen LogP contribution in [-0.4, -0.2) is 50.9 Å². The summed E-state index contributed by atoms with van der Waals surface area (Å²) in [5.41, 5.74) is 2.26. The summed E-state index contributed by atoms with van der Waals surface area (Å²) in [6, 6.07) is 18.7. The van der Waals surface area contributed by atoms with Crippen LogP contribution in [0.15, 0.2) is 60.9 Å². The van der Waals surface area contributed by atoms with E-state index in [0.29, 0.717) is 18.1 Å². The molecule has 4 heterocycles. The number of hydrogen-bond donors (Lipinski definition) is 1. The first-order valence-corrected chi connectivity index (χ1v) is 10.9. The van der Waals surface area contributed by atoms with Gasteiger partial charge < -0.3 is 10.2 Å². The van der Waals surface area contributed by atoms with Gasteiger partial charge in [0, 0.05) is 61.8 Å². The fraction of sp³-hybridized carbons (Fsp3) is 0.417. The molecule has 156 valence electrons. The first kappa shape index (κ1) is 19.1. The minimum Gasteiger partial charge on any atom is -0.363 e. The lowest BCUT2D eigenvalue weighted by Gasteiger charge is -2.36. The largest absolute Gasteiger partial charge is 0.363 e. The number of piperazine rings is 1. The number of hydrogen-bond acceptors (Lipinski definition) is 5. The summed E-state index contributed by atoms with van der Waals surface area (Å²) in [6.07, 6.45) is 5.15. The van der Waals surface area contributed by atoms with Crippen molar-refractivity contribution in [2.24, 2.45) is 0 Å². The van der Waals surface area contributed by atoms with E-state index in [0.717, 1.165) is 30.4 Å². The molecule has 0 unspecified atom stereocenters. The lowest BCUT2D eigenvalue weighted by molar-refractivity contribution is 0.191. The van der Waals surface area contributed by atoms with Gasteiger partial charge in [0.25, 0.3) is 0 Å². The molecule has 6 nitrogen and oxygen atoms in total. The Morgan fingerprint density at radius 1 is 1.00 bits per heavy atom. The van der Waals surface area contributed by atoms with Gasteiger partial charge in [-0.25, -0.2) is 9.67 Å². The molecule has 0 spiro atoms. The minimum absolute atomic E-state index is 0.186. The highest BCUT2D eigenvalue weighted by Crippen LogP contribution is 2.35. The van der Waals surface area contributed by atoms with Crippen molar-refractivity contribution >= 4 is 11.6 Å². The Labute approximate surface area is 178 Å². The summed E-state index contributed by atoms with van der Waals surface area (Å²) in [7, 11) is 0. The quantitative estimate of drug-likeness (QED) is 0.672. The van der Waals surface area contributed by atoms with Gasteiger partial charge in [-0.05, 0) is 38.8 Å². The standard InChI is InChI=1S/C24H30N6/c1-17(2)28-15-22-13-21(28)16-29(22)24-10-12-30(27-24)20-9-11-25-23(14-20)26-18(3)19-7-5-4-6-8-19/h4-12,14,17-18,21-22H,13,15-16H2,1-3H3,(H,25,26)/t18-,21-,22-/m0/s1. The summed E-state index contributed by atoms with van der Waals surface area (Å²) >= 11 is 0. The molecule has 6 heteroatoms. The monoisotopic (exact) mass is 402 g/mol. The van der Waals surface area contributed by atoms with Gasteiger partial charge >= 0.3 is 0 Å². The molecule has 0 aliphatic carbocycles. The van der Waals surface area contributed by atoms with E-state index in [9.17, 15) is 0 Å². The van der Waals surface area contributed by atoms with Gasteiger partial charge in [0.1, 0.15) is 5.82 Å². The summed E-state index contributed by atoms with van der Waals surface area (Å²) in [5.74, 6) is 1.93. The second-order valence-corrected chi connectivity index (χ2v) is 8.78. The number of pyridine rings is 1. The van der Waals surface area contributed by atoms with Crippen molar-refractivity contribution in [1.82, 2.24) is 19.7 Å². The van der Waals surface area contributed by atoms with Crippen LogP contribution in [0.2, 0.25) is 0 Å². The predicted octanol–water partition coefficient (Wildman–Crippen LogP) is 4.11. The third-order valence-electron chi connectivity index (χ3n) is 6.49. The Kier molecular flexibility index (Phi) is 4.95. The Bertz CT molecular complexity index is 998. The second-order valence-electron chi connectivity index (χ2n) is 8.78. The zero-order valence-corrected chi connectivity index (χ0v) is 17.9. The van der Waals surface area contributed by atoms with E-state index < -0.39 is 0 Å². The van der Waals surface area contributed by atoms with Crippen molar-refractivity contribution in [1.29, 1.82) is 0 Å². The van der Waals surface area contributed by atoms with Gasteiger partial charge in [0.2, 0.25) is 0 Å². The fourth-order valence-corrected chi connectivity index (χ4v) is 4.91. The van der Waals surface area contributed by atoms with Crippen LogP contribution in [0, 0.1) is 0 Å². The van der Waals surface area contributed by atoms with Crippen LogP contribution < -0.4 is 10.2 Å². The summed E-state index contributed by atoms with van der Waals surface area (Å²) in [5, 5.41) is 8.40. The molecule has 3 atom stereocenters. The number of nitrogens with one attached hydrogen (secondary N) is 1. The second kappa shape index (κ2) is 7.76. The number of benzene rings is 1. The maximum atomic E-state index is 4.90.